The van der Waals surface area contributed by atoms with Gasteiger partial charge in [0, 0.05) is 17.9 Å². The van der Waals surface area contributed by atoms with Gasteiger partial charge in [-0.15, -0.1) is 5.10 Å². The quantitative estimate of drug-likeness (QED) is 0.335. The van der Waals surface area contributed by atoms with Gasteiger partial charge >= 0.3 is 0 Å². The molecule has 1 N–H and O–H groups in total. The van der Waals surface area contributed by atoms with Crippen LogP contribution in [0.2, 0.25) is 0 Å². The second-order valence-electron chi connectivity index (χ2n) is 8.49. The summed E-state index contributed by atoms with van der Waals surface area (Å²) in [5, 5.41) is 16.7. The van der Waals surface area contributed by atoms with Crippen molar-refractivity contribution in [3.8, 4) is 23.1 Å². The predicted octanol–water partition coefficient (Wildman–Crippen LogP) is 4.25. The van der Waals surface area contributed by atoms with Gasteiger partial charge in [0.25, 0.3) is 5.56 Å². The molecular formula is C26H24N6O2S. The van der Waals surface area contributed by atoms with Crippen molar-refractivity contribution in [3.63, 3.8) is 0 Å². The molecule has 0 radical (unpaired) electrons. The average molecular weight is 485 g/mol. The minimum absolute atomic E-state index is 0.160. The van der Waals surface area contributed by atoms with E-state index in [1.165, 1.54) is 16.4 Å². The topological polar surface area (TPSA) is 106 Å². The molecule has 0 fully saturated rings. The number of anilines is 1. The van der Waals surface area contributed by atoms with Gasteiger partial charge in [0.05, 0.1) is 22.6 Å². The van der Waals surface area contributed by atoms with Crippen LogP contribution in [0.1, 0.15) is 37.4 Å². The number of para-hydroxylation sites is 1. The summed E-state index contributed by atoms with van der Waals surface area (Å²) in [5.74, 6) is 0.248. The normalized spacial score (nSPS) is 14.1. The van der Waals surface area contributed by atoms with Gasteiger partial charge in [0.15, 0.2) is 11.0 Å². The Morgan fingerprint density at radius 3 is 2.63 bits per heavy atom. The van der Waals surface area contributed by atoms with E-state index in [-0.39, 0.29) is 11.5 Å². The SMILES string of the molecule is C[C@H](Sc1nc2nn(-c3ccccc3)c(=O)c-2c2n1CCCCC2)C(=O)Nc1ccc(C#N)cc1. The monoisotopic (exact) mass is 484 g/mol. The Morgan fingerprint density at radius 1 is 1.11 bits per heavy atom. The van der Waals surface area contributed by atoms with Crippen molar-refractivity contribution < 1.29 is 4.79 Å². The number of carbonyl (C=O) groups excluding carboxylic acids is 1. The van der Waals surface area contributed by atoms with E-state index in [4.69, 9.17) is 10.2 Å². The Balaban J connectivity index is 1.49. The van der Waals surface area contributed by atoms with Gasteiger partial charge in [-0.3, -0.25) is 9.59 Å². The predicted molar refractivity (Wildman–Crippen MR) is 135 cm³/mol. The largest absolute Gasteiger partial charge is 0.325 e. The molecular weight excluding hydrogens is 460 g/mol. The second-order valence-corrected chi connectivity index (χ2v) is 9.80. The Kier molecular flexibility index (Phi) is 6.38. The Labute approximate surface area is 207 Å². The third kappa shape index (κ3) is 4.57. The maximum absolute atomic E-state index is 13.4. The van der Waals surface area contributed by atoms with Crippen molar-refractivity contribution in [2.45, 2.75) is 49.6 Å². The van der Waals surface area contributed by atoms with E-state index in [9.17, 15) is 9.59 Å². The third-order valence-electron chi connectivity index (χ3n) is 6.10. The highest BCUT2D eigenvalue weighted by atomic mass is 32.2. The summed E-state index contributed by atoms with van der Waals surface area (Å²) in [7, 11) is 0. The average Bonchev–Trinajstić information content (AvgIpc) is 3.04. The molecule has 0 saturated carbocycles. The smallest absolute Gasteiger partial charge is 0.284 e. The van der Waals surface area contributed by atoms with Crippen molar-refractivity contribution in [1.82, 2.24) is 19.3 Å². The first kappa shape index (κ1) is 22.9. The number of rotatable bonds is 5. The van der Waals surface area contributed by atoms with E-state index >= 15 is 0 Å². The first-order chi connectivity index (χ1) is 17.0. The first-order valence-corrected chi connectivity index (χ1v) is 12.5. The van der Waals surface area contributed by atoms with Crippen LogP contribution < -0.4 is 10.9 Å². The van der Waals surface area contributed by atoms with E-state index in [0.717, 1.165) is 37.9 Å². The molecule has 176 valence electrons. The maximum atomic E-state index is 13.4. The number of carbonyl (C=O) groups is 1. The molecule has 2 aromatic carbocycles. The standard InChI is InChI=1S/C26H24N6O2S/c1-17(24(33)28-19-13-11-18(16-27)12-14-19)35-26-29-23-22(21-10-6-3-7-15-31(21)26)25(34)32(30-23)20-8-4-2-5-9-20/h2,4-5,8-9,11-14,17H,3,6-7,10,15H2,1H3,(H,28,33)/t17-/m0/s1. The number of amides is 1. The summed E-state index contributed by atoms with van der Waals surface area (Å²) < 4.78 is 3.52. The van der Waals surface area contributed by atoms with E-state index in [1.807, 2.05) is 37.3 Å². The summed E-state index contributed by atoms with van der Waals surface area (Å²) in [6.07, 6.45) is 3.83. The van der Waals surface area contributed by atoms with Gasteiger partial charge in [-0.25, -0.2) is 4.98 Å². The summed E-state index contributed by atoms with van der Waals surface area (Å²) in [6.45, 7) is 2.58. The summed E-state index contributed by atoms with van der Waals surface area (Å²) in [4.78, 5) is 31.0. The van der Waals surface area contributed by atoms with Gasteiger partial charge in [-0.2, -0.15) is 9.94 Å². The molecule has 0 spiro atoms. The van der Waals surface area contributed by atoms with E-state index in [2.05, 4.69) is 21.1 Å². The molecule has 2 aromatic rings. The fourth-order valence-corrected chi connectivity index (χ4v) is 5.22. The first-order valence-electron chi connectivity index (χ1n) is 11.6. The van der Waals surface area contributed by atoms with Crippen LogP contribution in [0.4, 0.5) is 5.69 Å². The number of nitrogens with zero attached hydrogens (tertiary/aromatic N) is 5. The van der Waals surface area contributed by atoms with Crippen LogP contribution in [0.15, 0.2) is 64.5 Å². The van der Waals surface area contributed by atoms with Crippen LogP contribution in [0.3, 0.4) is 0 Å². The third-order valence-corrected chi connectivity index (χ3v) is 7.19. The maximum Gasteiger partial charge on any atom is 0.284 e. The van der Waals surface area contributed by atoms with Gasteiger partial charge < -0.3 is 9.88 Å². The van der Waals surface area contributed by atoms with Crippen molar-refractivity contribution in [1.29, 1.82) is 5.26 Å². The highest BCUT2D eigenvalue weighted by molar-refractivity contribution is 8.00. The van der Waals surface area contributed by atoms with Crippen LogP contribution in [0, 0.1) is 11.3 Å². The number of fused-ring (bicyclic) bond motifs is 3. The molecule has 9 heteroatoms. The molecule has 0 bridgehead atoms. The molecule has 5 rings (SSSR count). The molecule has 1 atom stereocenters. The van der Waals surface area contributed by atoms with Gasteiger partial charge in [-0.1, -0.05) is 36.4 Å². The molecule has 0 aliphatic carbocycles. The zero-order valence-corrected chi connectivity index (χ0v) is 20.1. The Morgan fingerprint density at radius 2 is 1.89 bits per heavy atom. The van der Waals surface area contributed by atoms with Crippen LogP contribution in [0.25, 0.3) is 17.1 Å². The second kappa shape index (κ2) is 9.76. The van der Waals surface area contributed by atoms with Crippen LogP contribution in [-0.2, 0) is 17.8 Å². The molecule has 3 heterocycles. The van der Waals surface area contributed by atoms with Crippen molar-refractivity contribution in [2.24, 2.45) is 0 Å². The van der Waals surface area contributed by atoms with Crippen molar-refractivity contribution in [2.75, 3.05) is 5.32 Å². The molecule has 1 amide bonds. The number of thioether (sulfide) groups is 1. The lowest BCUT2D eigenvalue weighted by atomic mass is 10.1. The van der Waals surface area contributed by atoms with Crippen LogP contribution in [0.5, 0.6) is 0 Å². The number of aromatic nitrogens is 4. The van der Waals surface area contributed by atoms with Gasteiger partial charge in [0.1, 0.15) is 5.56 Å². The molecule has 0 saturated heterocycles. The van der Waals surface area contributed by atoms with Gasteiger partial charge in [-0.05, 0) is 62.6 Å². The number of nitrogens with one attached hydrogen (secondary N) is 1. The minimum atomic E-state index is -0.432. The number of nitriles is 1. The molecule has 3 aliphatic heterocycles. The van der Waals surface area contributed by atoms with Gasteiger partial charge in [0.2, 0.25) is 5.91 Å². The van der Waals surface area contributed by atoms with E-state index in [1.54, 1.807) is 24.3 Å². The molecule has 35 heavy (non-hydrogen) atoms. The van der Waals surface area contributed by atoms with Crippen molar-refractivity contribution in [3.05, 3.63) is 76.2 Å². The molecule has 8 nitrogen and oxygen atoms in total. The Bertz CT molecular complexity index is 1440. The fraction of sp³-hybridized carbons (Fsp3) is 0.269. The van der Waals surface area contributed by atoms with E-state index in [0.29, 0.717) is 33.5 Å². The molecule has 0 unspecified atom stereocenters. The summed E-state index contributed by atoms with van der Waals surface area (Å²) in [6, 6.07) is 18.2. The molecule has 0 aromatic heterocycles. The summed E-state index contributed by atoms with van der Waals surface area (Å²) in [5.41, 5.74) is 3.22. The lowest BCUT2D eigenvalue weighted by Crippen LogP contribution is -2.24. The van der Waals surface area contributed by atoms with Crippen LogP contribution in [-0.4, -0.2) is 30.5 Å². The fourth-order valence-electron chi connectivity index (χ4n) is 4.27. The highest BCUT2D eigenvalue weighted by Crippen LogP contribution is 2.32. The number of hydrogen-bond donors (Lipinski definition) is 1. The highest BCUT2D eigenvalue weighted by Gasteiger charge is 2.28. The van der Waals surface area contributed by atoms with E-state index < -0.39 is 5.25 Å². The lowest BCUT2D eigenvalue weighted by molar-refractivity contribution is -0.115. The van der Waals surface area contributed by atoms with Crippen molar-refractivity contribution >= 4 is 23.4 Å². The lowest BCUT2D eigenvalue weighted by Gasteiger charge is -2.19. The van der Waals surface area contributed by atoms with Crippen LogP contribution >= 0.6 is 11.8 Å². The zero-order chi connectivity index (χ0) is 24.4. The number of benzene rings is 2. The molecule has 3 aliphatic rings. The zero-order valence-electron chi connectivity index (χ0n) is 19.3. The summed E-state index contributed by atoms with van der Waals surface area (Å²) >= 11 is 1.36. The Hall–Kier alpha value is -3.90. The number of hydrogen-bond acceptors (Lipinski definition) is 6. The minimum Gasteiger partial charge on any atom is -0.325 e.